The van der Waals surface area contributed by atoms with Crippen molar-refractivity contribution < 1.29 is 23.7 Å². The Morgan fingerprint density at radius 3 is 2.91 bits per heavy atom. The van der Waals surface area contributed by atoms with E-state index in [9.17, 15) is 18.7 Å². The van der Waals surface area contributed by atoms with E-state index < -0.39 is 36.0 Å². The molecule has 0 spiro atoms. The van der Waals surface area contributed by atoms with Crippen molar-refractivity contribution >= 4 is 17.1 Å². The molecule has 2 aromatic rings. The number of aromatic amines is 1. The highest BCUT2D eigenvalue weighted by molar-refractivity contribution is 5.70. The summed E-state index contributed by atoms with van der Waals surface area (Å²) in [5.74, 6) is -1.79. The lowest BCUT2D eigenvalue weighted by Crippen LogP contribution is -2.47. The third kappa shape index (κ3) is 1.93. The van der Waals surface area contributed by atoms with Crippen molar-refractivity contribution in [2.75, 3.05) is 12.3 Å². The normalized spacial score (nSPS) is 33.9. The Bertz CT molecular complexity index is 876. The molecule has 5 N–H and O–H groups in total. The molecule has 1 unspecified atom stereocenters. The maximum Gasteiger partial charge on any atom is 0.280 e. The third-order valence-electron chi connectivity index (χ3n) is 3.61. The smallest absolute Gasteiger partial charge is 0.280 e. The second-order valence-electron chi connectivity index (χ2n) is 5.00. The van der Waals surface area contributed by atoms with E-state index in [1.807, 2.05) is 0 Å². The first-order chi connectivity index (χ1) is 10.8. The number of fused-ring (bicyclic) bond motifs is 1. The zero-order chi connectivity index (χ0) is 17.0. The number of nitrogens with one attached hydrogen (secondary N) is 1. The molecule has 3 heterocycles. The number of aromatic nitrogens is 4. The minimum atomic E-state index is -3.13. The van der Waals surface area contributed by atoms with Crippen molar-refractivity contribution in [3.63, 3.8) is 0 Å². The van der Waals surface area contributed by atoms with Crippen LogP contribution >= 0.6 is 0 Å². The molecule has 3 rings (SSSR count). The van der Waals surface area contributed by atoms with Gasteiger partial charge < -0.3 is 20.7 Å². The highest BCUT2D eigenvalue weighted by Crippen LogP contribution is 2.47. The number of alkyl halides is 2. The summed E-state index contributed by atoms with van der Waals surface area (Å²) in [6.07, 6.45) is 1.63. The number of halogens is 2. The van der Waals surface area contributed by atoms with Crippen molar-refractivity contribution in [1.82, 2.24) is 19.5 Å². The Balaban J connectivity index is 2.22. The molecule has 0 aromatic carbocycles. The predicted octanol–water partition coefficient (Wildman–Crippen LogP) is -1.41. The van der Waals surface area contributed by atoms with Gasteiger partial charge in [0.25, 0.3) is 11.4 Å². The second-order valence-corrected chi connectivity index (χ2v) is 5.00. The number of aliphatic hydroxyl groups excluding tert-OH is 2. The van der Waals surface area contributed by atoms with Gasteiger partial charge >= 0.3 is 0 Å². The molecule has 1 saturated heterocycles. The van der Waals surface area contributed by atoms with Gasteiger partial charge in [0, 0.05) is 0 Å². The number of terminal acetylenes is 1. The monoisotopic (exact) mass is 327 g/mol. The summed E-state index contributed by atoms with van der Waals surface area (Å²) in [4.78, 5) is 21.4. The van der Waals surface area contributed by atoms with Gasteiger partial charge in [0.05, 0.1) is 6.33 Å². The SMILES string of the molecule is C#C[C@]1(F)C(n2cnc3c(=O)[nH]c(N)nc32)O[C@](F)(CO)[C@H]1O. The van der Waals surface area contributed by atoms with Gasteiger partial charge in [0.1, 0.15) is 6.61 Å². The first-order valence-corrected chi connectivity index (χ1v) is 6.31. The standard InChI is InChI=1S/C12H11F2N5O4/c1-2-11(13)8(22)12(14,3-20)23-9(11)19-4-16-5-6(19)17-10(15)18-7(5)21/h1,4,8-9,20,22H,3H2,(H3,15,17,18,21)/t8-,9?,11+,12+/m0/s1. The van der Waals surface area contributed by atoms with Gasteiger partial charge in [-0.05, 0) is 0 Å². The molecule has 1 aliphatic heterocycles. The van der Waals surface area contributed by atoms with Crippen LogP contribution in [0.1, 0.15) is 6.23 Å². The van der Waals surface area contributed by atoms with Crippen molar-refractivity contribution in [1.29, 1.82) is 0 Å². The zero-order valence-corrected chi connectivity index (χ0v) is 11.4. The predicted molar refractivity (Wildman–Crippen MR) is 72.3 cm³/mol. The van der Waals surface area contributed by atoms with E-state index >= 15 is 0 Å². The molecule has 4 atom stereocenters. The van der Waals surface area contributed by atoms with Crippen molar-refractivity contribution in [3.05, 3.63) is 16.7 Å². The average Bonchev–Trinajstić information content (AvgIpc) is 3.01. The van der Waals surface area contributed by atoms with Crippen LogP contribution < -0.4 is 11.3 Å². The minimum absolute atomic E-state index is 0.211. The van der Waals surface area contributed by atoms with E-state index in [4.69, 9.17) is 22.0 Å². The minimum Gasteiger partial charge on any atom is -0.390 e. The molecule has 2 aromatic heterocycles. The third-order valence-corrected chi connectivity index (χ3v) is 3.61. The summed E-state index contributed by atoms with van der Waals surface area (Å²) < 4.78 is 34.9. The maximum atomic E-state index is 14.9. The fraction of sp³-hybridized carbons (Fsp3) is 0.417. The number of nitrogen functional groups attached to an aromatic ring is 1. The largest absolute Gasteiger partial charge is 0.390 e. The molecule has 1 aliphatic rings. The van der Waals surface area contributed by atoms with E-state index in [-0.39, 0.29) is 17.1 Å². The van der Waals surface area contributed by atoms with Gasteiger partial charge in [-0.15, -0.1) is 6.42 Å². The van der Waals surface area contributed by atoms with Crippen LogP contribution in [0.3, 0.4) is 0 Å². The van der Waals surface area contributed by atoms with E-state index in [2.05, 4.69) is 15.0 Å². The Labute approximate surface area is 126 Å². The van der Waals surface area contributed by atoms with E-state index in [1.54, 1.807) is 5.92 Å². The molecule has 0 aliphatic carbocycles. The molecule has 122 valence electrons. The van der Waals surface area contributed by atoms with Crippen LogP contribution in [0.4, 0.5) is 14.7 Å². The molecule has 0 amide bonds. The van der Waals surface area contributed by atoms with Crippen molar-refractivity contribution in [2.24, 2.45) is 0 Å². The quantitative estimate of drug-likeness (QED) is 0.497. The molecule has 0 bridgehead atoms. The lowest BCUT2D eigenvalue weighted by molar-refractivity contribution is -0.206. The van der Waals surface area contributed by atoms with Gasteiger partial charge in [-0.25, -0.2) is 13.8 Å². The fourth-order valence-corrected chi connectivity index (χ4v) is 2.43. The first-order valence-electron chi connectivity index (χ1n) is 6.31. The lowest BCUT2D eigenvalue weighted by atomic mass is 9.96. The molecular weight excluding hydrogens is 316 g/mol. The number of hydrogen-bond acceptors (Lipinski definition) is 7. The van der Waals surface area contributed by atoms with E-state index in [0.717, 1.165) is 10.9 Å². The number of H-pyrrole nitrogens is 1. The first kappa shape index (κ1) is 15.3. The lowest BCUT2D eigenvalue weighted by Gasteiger charge is -2.23. The topological polar surface area (TPSA) is 139 Å². The van der Waals surface area contributed by atoms with Crippen molar-refractivity contribution in [2.45, 2.75) is 23.9 Å². The van der Waals surface area contributed by atoms with Gasteiger partial charge in [0.15, 0.2) is 23.5 Å². The number of hydrogen-bond donors (Lipinski definition) is 4. The summed E-state index contributed by atoms with van der Waals surface area (Å²) in [5, 5.41) is 18.8. The van der Waals surface area contributed by atoms with E-state index in [1.165, 1.54) is 0 Å². The van der Waals surface area contributed by atoms with Crippen LogP contribution in [0.5, 0.6) is 0 Å². The van der Waals surface area contributed by atoms with Gasteiger partial charge in [-0.3, -0.25) is 14.3 Å². The number of ether oxygens (including phenoxy) is 1. The molecular formula is C12H11F2N5O4. The zero-order valence-electron chi connectivity index (χ0n) is 11.4. The van der Waals surface area contributed by atoms with Crippen LogP contribution in [-0.2, 0) is 4.74 Å². The Hall–Kier alpha value is -2.55. The molecule has 0 saturated carbocycles. The summed E-state index contributed by atoms with van der Waals surface area (Å²) in [7, 11) is 0. The number of rotatable bonds is 2. The van der Waals surface area contributed by atoms with Gasteiger partial charge in [-0.1, -0.05) is 5.92 Å². The number of nitrogens with zero attached hydrogens (tertiary/aromatic N) is 3. The number of imidazole rings is 1. The molecule has 9 nitrogen and oxygen atoms in total. The van der Waals surface area contributed by atoms with Crippen LogP contribution in [0.25, 0.3) is 11.2 Å². The number of aliphatic hydroxyl groups is 2. The van der Waals surface area contributed by atoms with Crippen LogP contribution in [0.2, 0.25) is 0 Å². The molecule has 23 heavy (non-hydrogen) atoms. The Kier molecular flexibility index (Phi) is 3.15. The maximum absolute atomic E-state index is 14.9. The van der Waals surface area contributed by atoms with Crippen LogP contribution in [-0.4, -0.2) is 54.0 Å². The van der Waals surface area contributed by atoms with Crippen LogP contribution in [0, 0.1) is 12.3 Å². The highest BCUT2D eigenvalue weighted by Gasteiger charge is 2.66. The van der Waals surface area contributed by atoms with Gasteiger partial charge in [-0.2, -0.15) is 4.98 Å². The Morgan fingerprint density at radius 2 is 2.30 bits per heavy atom. The van der Waals surface area contributed by atoms with E-state index in [0.29, 0.717) is 0 Å². The average molecular weight is 327 g/mol. The second kappa shape index (κ2) is 4.72. The molecule has 1 fully saturated rings. The summed E-state index contributed by atoms with van der Waals surface area (Å²) >= 11 is 0. The number of anilines is 1. The summed E-state index contributed by atoms with van der Waals surface area (Å²) in [6.45, 7) is -1.33. The molecule has 0 radical (unpaired) electrons. The summed E-state index contributed by atoms with van der Waals surface area (Å²) in [5.41, 5.74) is 1.24. The summed E-state index contributed by atoms with van der Waals surface area (Å²) in [6, 6.07) is 0. The van der Waals surface area contributed by atoms with Crippen molar-refractivity contribution in [3.8, 4) is 12.3 Å². The highest BCUT2D eigenvalue weighted by atomic mass is 19.2. The number of nitrogens with two attached hydrogens (primary N) is 1. The fourth-order valence-electron chi connectivity index (χ4n) is 2.43. The Morgan fingerprint density at radius 1 is 1.61 bits per heavy atom. The van der Waals surface area contributed by atoms with Gasteiger partial charge in [0.2, 0.25) is 11.6 Å². The van der Waals surface area contributed by atoms with Crippen LogP contribution in [0.15, 0.2) is 11.1 Å². The molecule has 11 heteroatoms.